The molecule has 116 valence electrons. The van der Waals surface area contributed by atoms with Crippen molar-refractivity contribution in [3.8, 4) is 0 Å². The van der Waals surface area contributed by atoms with Crippen molar-refractivity contribution in [1.29, 1.82) is 0 Å². The van der Waals surface area contributed by atoms with Gasteiger partial charge in [0.05, 0.1) is 4.90 Å². The second-order valence-electron chi connectivity index (χ2n) is 4.95. The van der Waals surface area contributed by atoms with Crippen molar-refractivity contribution >= 4 is 10.1 Å². The average molecular weight is 301 g/mol. The molecule has 4 N–H and O–H groups in total. The normalized spacial score (nSPS) is 11.1. The maximum Gasteiger partial charge on any atom is 0.294 e. The molecule has 0 fully saturated rings. The highest BCUT2D eigenvalue weighted by Gasteiger charge is 2.13. The van der Waals surface area contributed by atoms with Gasteiger partial charge in [-0.1, -0.05) is 63.6 Å². The molecule has 20 heavy (non-hydrogen) atoms. The molecule has 0 radical (unpaired) electrons. The van der Waals surface area contributed by atoms with E-state index in [0.717, 1.165) is 18.4 Å². The Morgan fingerprint density at radius 1 is 0.950 bits per heavy atom. The van der Waals surface area contributed by atoms with Gasteiger partial charge in [0.2, 0.25) is 0 Å². The fraction of sp³-hybridized carbons (Fsp3) is 0.600. The highest BCUT2D eigenvalue weighted by molar-refractivity contribution is 7.85. The summed E-state index contributed by atoms with van der Waals surface area (Å²) >= 11 is 0. The largest absolute Gasteiger partial charge is 0.344 e. The first-order valence-electron chi connectivity index (χ1n) is 7.11. The van der Waals surface area contributed by atoms with E-state index in [0.29, 0.717) is 6.42 Å². The van der Waals surface area contributed by atoms with E-state index in [4.69, 9.17) is 4.55 Å². The molecule has 0 aliphatic heterocycles. The first-order chi connectivity index (χ1) is 9.05. The molecule has 0 saturated heterocycles. The Morgan fingerprint density at radius 2 is 1.50 bits per heavy atom. The van der Waals surface area contributed by atoms with Gasteiger partial charge < -0.3 is 6.15 Å². The van der Waals surface area contributed by atoms with E-state index in [1.807, 2.05) is 6.07 Å². The van der Waals surface area contributed by atoms with Gasteiger partial charge in [-0.2, -0.15) is 8.42 Å². The van der Waals surface area contributed by atoms with Crippen molar-refractivity contribution in [2.45, 2.75) is 63.2 Å². The third kappa shape index (κ3) is 7.03. The molecule has 0 unspecified atom stereocenters. The van der Waals surface area contributed by atoms with Crippen LogP contribution in [0.3, 0.4) is 0 Å². The van der Waals surface area contributed by atoms with Crippen LogP contribution < -0.4 is 6.15 Å². The maximum absolute atomic E-state index is 11.2. The lowest BCUT2D eigenvalue weighted by Crippen LogP contribution is -2.03. The number of hydrogen-bond acceptors (Lipinski definition) is 3. The highest BCUT2D eigenvalue weighted by atomic mass is 32.2. The first kappa shape index (κ1) is 19.1. The van der Waals surface area contributed by atoms with Crippen molar-refractivity contribution in [1.82, 2.24) is 6.15 Å². The smallest absolute Gasteiger partial charge is 0.294 e. The minimum atomic E-state index is -4.09. The van der Waals surface area contributed by atoms with Crippen LogP contribution in [0.1, 0.15) is 57.4 Å². The Hall–Kier alpha value is -0.910. The van der Waals surface area contributed by atoms with Crippen LogP contribution in [0.2, 0.25) is 0 Å². The summed E-state index contributed by atoms with van der Waals surface area (Å²) in [6.45, 7) is 2.20. The van der Waals surface area contributed by atoms with E-state index in [-0.39, 0.29) is 11.0 Å². The molecule has 1 rings (SSSR count). The number of benzene rings is 1. The Bertz CT molecular complexity index is 472. The third-order valence-electron chi connectivity index (χ3n) is 3.30. The summed E-state index contributed by atoms with van der Waals surface area (Å²) in [5, 5.41) is 0. The molecule has 0 spiro atoms. The van der Waals surface area contributed by atoms with Crippen molar-refractivity contribution in [3.63, 3.8) is 0 Å². The molecule has 0 heterocycles. The zero-order chi connectivity index (χ0) is 14.1. The van der Waals surface area contributed by atoms with Crippen LogP contribution in [0.5, 0.6) is 0 Å². The van der Waals surface area contributed by atoms with Gasteiger partial charge in [-0.15, -0.1) is 0 Å². The predicted octanol–water partition coefficient (Wildman–Crippen LogP) is 4.39. The molecule has 0 atom stereocenters. The molecule has 0 aromatic heterocycles. The SMILES string of the molecule is CCCCCCCCCc1ccccc1S(=O)(=O)O.N. The van der Waals surface area contributed by atoms with E-state index in [1.165, 1.54) is 38.2 Å². The van der Waals surface area contributed by atoms with Gasteiger partial charge in [0.25, 0.3) is 10.1 Å². The van der Waals surface area contributed by atoms with E-state index >= 15 is 0 Å². The molecule has 0 aliphatic carbocycles. The van der Waals surface area contributed by atoms with Crippen molar-refractivity contribution in [2.24, 2.45) is 0 Å². The quantitative estimate of drug-likeness (QED) is 0.523. The number of unbranched alkanes of at least 4 members (excludes halogenated alkanes) is 6. The minimum Gasteiger partial charge on any atom is -0.344 e. The van der Waals surface area contributed by atoms with E-state index < -0.39 is 10.1 Å². The van der Waals surface area contributed by atoms with Gasteiger partial charge in [-0.05, 0) is 24.5 Å². The molecule has 1 aromatic carbocycles. The molecule has 0 aliphatic rings. The first-order valence-corrected chi connectivity index (χ1v) is 8.55. The van der Waals surface area contributed by atoms with Crippen molar-refractivity contribution in [3.05, 3.63) is 29.8 Å². The molecule has 4 nitrogen and oxygen atoms in total. The van der Waals surface area contributed by atoms with Gasteiger partial charge in [-0.3, -0.25) is 4.55 Å². The van der Waals surface area contributed by atoms with E-state index in [1.54, 1.807) is 12.1 Å². The van der Waals surface area contributed by atoms with Gasteiger partial charge >= 0.3 is 0 Å². The summed E-state index contributed by atoms with van der Waals surface area (Å²) < 4.78 is 31.6. The standard InChI is InChI=1S/C15H24O3S.H3N/c1-2-3-4-5-6-7-8-11-14-12-9-10-13-15(14)19(16,17)18;/h9-10,12-13H,2-8,11H2,1H3,(H,16,17,18);1H3. The molecular weight excluding hydrogens is 274 g/mol. The van der Waals surface area contributed by atoms with Gasteiger partial charge in [0.15, 0.2) is 0 Å². The van der Waals surface area contributed by atoms with Crippen LogP contribution in [-0.2, 0) is 16.5 Å². The summed E-state index contributed by atoms with van der Waals surface area (Å²) in [7, 11) is -4.09. The van der Waals surface area contributed by atoms with Crippen LogP contribution in [0.4, 0.5) is 0 Å². The minimum absolute atomic E-state index is 0. The van der Waals surface area contributed by atoms with Gasteiger partial charge in [0, 0.05) is 0 Å². The van der Waals surface area contributed by atoms with E-state index in [9.17, 15) is 8.42 Å². The maximum atomic E-state index is 11.2. The second kappa shape index (κ2) is 9.91. The van der Waals surface area contributed by atoms with Crippen LogP contribution in [0, 0.1) is 0 Å². The Labute approximate surface area is 122 Å². The lowest BCUT2D eigenvalue weighted by Gasteiger charge is -2.06. The van der Waals surface area contributed by atoms with E-state index in [2.05, 4.69) is 6.92 Å². The average Bonchev–Trinajstić information content (AvgIpc) is 2.37. The highest BCUT2D eigenvalue weighted by Crippen LogP contribution is 2.18. The van der Waals surface area contributed by atoms with Crippen molar-refractivity contribution in [2.75, 3.05) is 0 Å². The summed E-state index contributed by atoms with van der Waals surface area (Å²) in [4.78, 5) is 0.0565. The zero-order valence-electron chi connectivity index (χ0n) is 12.3. The molecule has 1 aromatic rings. The number of rotatable bonds is 9. The lowest BCUT2D eigenvalue weighted by atomic mass is 10.0. The lowest BCUT2D eigenvalue weighted by molar-refractivity contribution is 0.481. The summed E-state index contributed by atoms with van der Waals surface area (Å²) in [6.07, 6.45) is 9.10. The number of aryl methyl sites for hydroxylation is 1. The molecule has 0 saturated carbocycles. The Kier molecular flexibility index (Phi) is 9.46. The summed E-state index contributed by atoms with van der Waals surface area (Å²) in [6, 6.07) is 6.69. The monoisotopic (exact) mass is 301 g/mol. The van der Waals surface area contributed by atoms with Crippen LogP contribution in [0.25, 0.3) is 0 Å². The van der Waals surface area contributed by atoms with Crippen LogP contribution in [0.15, 0.2) is 29.2 Å². The fourth-order valence-corrected chi connectivity index (χ4v) is 2.99. The predicted molar refractivity (Wildman–Crippen MR) is 83.0 cm³/mol. The molecule has 0 bridgehead atoms. The summed E-state index contributed by atoms with van der Waals surface area (Å²) in [5.74, 6) is 0. The van der Waals surface area contributed by atoms with Crippen LogP contribution in [-0.4, -0.2) is 13.0 Å². The molecule has 0 amide bonds. The Balaban J connectivity index is 0.00000361. The fourth-order valence-electron chi connectivity index (χ4n) is 2.23. The van der Waals surface area contributed by atoms with Gasteiger partial charge in [0.1, 0.15) is 0 Å². The molecule has 5 heteroatoms. The summed E-state index contributed by atoms with van der Waals surface area (Å²) in [5.41, 5.74) is 0.721. The Morgan fingerprint density at radius 3 is 2.10 bits per heavy atom. The topological polar surface area (TPSA) is 89.4 Å². The van der Waals surface area contributed by atoms with Crippen LogP contribution >= 0.6 is 0 Å². The number of hydrogen-bond donors (Lipinski definition) is 2. The molecular formula is C15H27NO3S. The zero-order valence-corrected chi connectivity index (χ0v) is 13.2. The third-order valence-corrected chi connectivity index (χ3v) is 4.25. The van der Waals surface area contributed by atoms with Gasteiger partial charge in [-0.25, -0.2) is 0 Å². The second-order valence-corrected chi connectivity index (χ2v) is 6.34. The van der Waals surface area contributed by atoms with Crippen molar-refractivity contribution < 1.29 is 13.0 Å².